The van der Waals surface area contributed by atoms with E-state index in [-0.39, 0.29) is 23.6 Å². The quantitative estimate of drug-likeness (QED) is 0.804. The van der Waals surface area contributed by atoms with Crippen LogP contribution in [-0.4, -0.2) is 41.6 Å². The molecule has 1 aromatic rings. The van der Waals surface area contributed by atoms with Gasteiger partial charge in [0.05, 0.1) is 18.7 Å². The van der Waals surface area contributed by atoms with Gasteiger partial charge in [-0.25, -0.2) is 4.79 Å². The molecule has 17 heavy (non-hydrogen) atoms. The zero-order chi connectivity index (χ0) is 12.3. The van der Waals surface area contributed by atoms with E-state index >= 15 is 0 Å². The molecule has 1 aliphatic heterocycles. The van der Waals surface area contributed by atoms with Crippen LogP contribution in [0, 0.1) is 0 Å². The molecule has 5 heteroatoms. The summed E-state index contributed by atoms with van der Waals surface area (Å²) in [5.41, 5.74) is 0.228. The fourth-order valence-electron chi connectivity index (χ4n) is 1.71. The Morgan fingerprint density at radius 1 is 1.41 bits per heavy atom. The monoisotopic (exact) mass is 235 g/mol. The van der Waals surface area contributed by atoms with Crippen LogP contribution in [0.5, 0.6) is 5.75 Å². The van der Waals surface area contributed by atoms with Gasteiger partial charge in [0.25, 0.3) is 0 Å². The topological polar surface area (TPSA) is 66.8 Å². The summed E-state index contributed by atoms with van der Waals surface area (Å²) in [6, 6.07) is 6.29. The molecule has 2 rings (SSSR count). The molecule has 0 bridgehead atoms. The van der Waals surface area contributed by atoms with E-state index in [1.807, 2.05) is 0 Å². The lowest BCUT2D eigenvalue weighted by atomic mass is 10.1. The van der Waals surface area contributed by atoms with Gasteiger partial charge in [-0.05, 0) is 18.6 Å². The van der Waals surface area contributed by atoms with E-state index in [2.05, 4.69) is 0 Å². The van der Waals surface area contributed by atoms with E-state index in [0.29, 0.717) is 13.2 Å². The highest BCUT2D eigenvalue weighted by Crippen LogP contribution is 2.17. The van der Waals surface area contributed by atoms with Crippen LogP contribution >= 0.6 is 0 Å². The zero-order valence-corrected chi connectivity index (χ0v) is 9.26. The van der Waals surface area contributed by atoms with Gasteiger partial charge in [0.2, 0.25) is 0 Å². The van der Waals surface area contributed by atoms with Gasteiger partial charge in [0, 0.05) is 6.54 Å². The Morgan fingerprint density at radius 3 is 2.88 bits per heavy atom. The zero-order valence-electron chi connectivity index (χ0n) is 9.26. The molecule has 0 saturated carbocycles. The smallest absolute Gasteiger partial charge is 0.410 e. The molecular formula is C12H13NO4. The first kappa shape index (κ1) is 11.4. The van der Waals surface area contributed by atoms with Crippen molar-refractivity contribution in [2.75, 3.05) is 19.7 Å². The molecule has 0 spiro atoms. The van der Waals surface area contributed by atoms with Crippen LogP contribution in [0.1, 0.15) is 16.8 Å². The molecule has 90 valence electrons. The molecule has 0 aliphatic carbocycles. The molecule has 1 N–H and O–H groups in total. The third-order valence-electron chi connectivity index (χ3n) is 2.60. The Bertz CT molecular complexity index is 444. The van der Waals surface area contributed by atoms with E-state index < -0.39 is 6.09 Å². The summed E-state index contributed by atoms with van der Waals surface area (Å²) in [6.45, 7) is 0.856. The number of ketones is 1. The molecule has 1 heterocycles. The van der Waals surface area contributed by atoms with Gasteiger partial charge in [-0.2, -0.15) is 0 Å². The predicted octanol–water partition coefficient (Wildman–Crippen LogP) is 1.42. The number of amides is 1. The van der Waals surface area contributed by atoms with Crippen molar-refractivity contribution in [1.82, 2.24) is 4.90 Å². The highest BCUT2D eigenvalue weighted by molar-refractivity contribution is 6.01. The first-order valence-electron chi connectivity index (χ1n) is 5.41. The van der Waals surface area contributed by atoms with Gasteiger partial charge < -0.3 is 14.7 Å². The number of hydrogen-bond donors (Lipinski definition) is 1. The van der Waals surface area contributed by atoms with Crippen LogP contribution in [0.2, 0.25) is 0 Å². The van der Waals surface area contributed by atoms with Crippen molar-refractivity contribution in [3.63, 3.8) is 0 Å². The van der Waals surface area contributed by atoms with Crippen LogP contribution < -0.4 is 0 Å². The minimum absolute atomic E-state index is 0.0591. The number of carbonyl (C=O) groups excluding carboxylic acids is 2. The fourth-order valence-corrected chi connectivity index (χ4v) is 1.71. The average molecular weight is 235 g/mol. The van der Waals surface area contributed by atoms with Crippen molar-refractivity contribution in [1.29, 1.82) is 0 Å². The van der Waals surface area contributed by atoms with E-state index in [4.69, 9.17) is 4.74 Å². The van der Waals surface area contributed by atoms with Gasteiger partial charge in [0.15, 0.2) is 5.78 Å². The highest BCUT2D eigenvalue weighted by atomic mass is 16.6. The van der Waals surface area contributed by atoms with E-state index in [9.17, 15) is 14.7 Å². The van der Waals surface area contributed by atoms with Gasteiger partial charge in [-0.1, -0.05) is 12.1 Å². The second kappa shape index (κ2) is 4.86. The third-order valence-corrected chi connectivity index (χ3v) is 2.60. The summed E-state index contributed by atoms with van der Waals surface area (Å²) in [6.07, 6.45) is 0.250. The molecule has 1 aliphatic rings. The normalized spacial score (nSPS) is 15.5. The minimum Gasteiger partial charge on any atom is -0.507 e. The second-order valence-corrected chi connectivity index (χ2v) is 3.83. The maximum atomic E-state index is 11.9. The highest BCUT2D eigenvalue weighted by Gasteiger charge is 2.23. The van der Waals surface area contributed by atoms with Gasteiger partial charge in [-0.3, -0.25) is 4.79 Å². The number of hydrogen-bond acceptors (Lipinski definition) is 4. The van der Waals surface area contributed by atoms with Crippen molar-refractivity contribution >= 4 is 11.9 Å². The first-order valence-corrected chi connectivity index (χ1v) is 5.41. The number of aromatic hydroxyl groups is 1. The number of carbonyl (C=O) groups is 2. The lowest BCUT2D eigenvalue weighted by Gasteiger charge is -2.25. The fraction of sp³-hybridized carbons (Fsp3) is 0.333. The van der Waals surface area contributed by atoms with Crippen LogP contribution in [0.15, 0.2) is 24.3 Å². The largest absolute Gasteiger partial charge is 0.507 e. The molecule has 1 aromatic carbocycles. The molecule has 5 nitrogen and oxygen atoms in total. The van der Waals surface area contributed by atoms with Gasteiger partial charge >= 0.3 is 6.09 Å². The van der Waals surface area contributed by atoms with Crippen molar-refractivity contribution < 1.29 is 19.4 Å². The number of cyclic esters (lactones) is 1. The lowest BCUT2D eigenvalue weighted by molar-refractivity contribution is 0.0654. The Balaban J connectivity index is 2.06. The summed E-state index contributed by atoms with van der Waals surface area (Å²) >= 11 is 0. The Labute approximate surface area is 98.6 Å². The maximum absolute atomic E-state index is 11.9. The first-order chi connectivity index (χ1) is 8.18. The molecule has 0 radical (unpaired) electrons. The van der Waals surface area contributed by atoms with Gasteiger partial charge in [-0.15, -0.1) is 0 Å². The Morgan fingerprint density at radius 2 is 2.18 bits per heavy atom. The van der Waals surface area contributed by atoms with E-state index in [0.717, 1.165) is 6.42 Å². The van der Waals surface area contributed by atoms with Crippen molar-refractivity contribution in [2.24, 2.45) is 0 Å². The summed E-state index contributed by atoms with van der Waals surface area (Å²) in [4.78, 5) is 24.6. The van der Waals surface area contributed by atoms with Crippen molar-refractivity contribution in [2.45, 2.75) is 6.42 Å². The molecule has 1 saturated heterocycles. The SMILES string of the molecule is O=C(CN1CCCOC1=O)c1ccccc1O. The molecule has 1 amide bonds. The number of phenols is 1. The summed E-state index contributed by atoms with van der Waals surface area (Å²) < 4.78 is 4.83. The standard InChI is InChI=1S/C12H13NO4/c14-10-5-2-1-4-9(10)11(15)8-13-6-3-7-17-12(13)16/h1-2,4-5,14H,3,6-8H2. The molecule has 1 fully saturated rings. The number of phenolic OH excluding ortho intramolecular Hbond substituents is 1. The van der Waals surface area contributed by atoms with E-state index in [1.165, 1.54) is 17.0 Å². The summed E-state index contributed by atoms with van der Waals surface area (Å²) in [5.74, 6) is -0.357. The van der Waals surface area contributed by atoms with Gasteiger partial charge in [0.1, 0.15) is 5.75 Å². The minimum atomic E-state index is -0.472. The number of nitrogens with zero attached hydrogens (tertiary/aromatic N) is 1. The van der Waals surface area contributed by atoms with Crippen LogP contribution in [0.4, 0.5) is 4.79 Å². The van der Waals surface area contributed by atoms with Crippen LogP contribution in [0.3, 0.4) is 0 Å². The molecule has 0 unspecified atom stereocenters. The van der Waals surface area contributed by atoms with E-state index in [1.54, 1.807) is 12.1 Å². The lowest BCUT2D eigenvalue weighted by Crippen LogP contribution is -2.40. The van der Waals surface area contributed by atoms with Crippen molar-refractivity contribution in [3.05, 3.63) is 29.8 Å². The summed E-state index contributed by atoms with van der Waals surface area (Å²) in [7, 11) is 0. The number of para-hydroxylation sites is 1. The molecule has 0 atom stereocenters. The third kappa shape index (κ3) is 2.55. The number of rotatable bonds is 3. The Kier molecular flexibility index (Phi) is 3.27. The number of ether oxygens (including phenoxy) is 1. The number of Topliss-reactive ketones (excluding diaryl/α,β-unsaturated/α-hetero) is 1. The molecular weight excluding hydrogens is 222 g/mol. The number of benzene rings is 1. The summed E-state index contributed by atoms with van der Waals surface area (Å²) in [5, 5.41) is 9.52. The average Bonchev–Trinajstić information content (AvgIpc) is 2.32. The predicted molar refractivity (Wildman–Crippen MR) is 60.0 cm³/mol. The molecule has 0 aromatic heterocycles. The maximum Gasteiger partial charge on any atom is 0.410 e. The second-order valence-electron chi connectivity index (χ2n) is 3.83. The van der Waals surface area contributed by atoms with Crippen LogP contribution in [-0.2, 0) is 4.74 Å². The Hall–Kier alpha value is -2.04. The van der Waals surface area contributed by atoms with Crippen molar-refractivity contribution in [3.8, 4) is 5.75 Å². The van der Waals surface area contributed by atoms with Crippen LogP contribution in [0.25, 0.3) is 0 Å².